The standard InChI is InChI=1S/C19H17BrClN3O2.ClH/c1-11-16(18(25)26-2)17(12-6-8-14(21)9-7-12)24-19(22-11)23-15-5-3-4-13(20)10-15;/h3-10,17H,1-2H3,(H2,22,23,24);1H. The first-order valence-electron chi connectivity index (χ1n) is 7.95. The third-order valence-electron chi connectivity index (χ3n) is 4.00. The van der Waals surface area contributed by atoms with Gasteiger partial charge in [0.2, 0.25) is 0 Å². The Bertz CT molecular complexity index is 898. The molecular formula is C19H18BrCl2N3O2. The van der Waals surface area contributed by atoms with Crippen molar-refractivity contribution < 1.29 is 26.9 Å². The van der Waals surface area contributed by atoms with Gasteiger partial charge in [0.25, 0.3) is 0 Å². The minimum absolute atomic E-state index is 0. The molecule has 1 unspecified atom stereocenters. The Morgan fingerprint density at radius 1 is 1.26 bits per heavy atom. The number of carbonyl (C=O) groups is 1. The zero-order chi connectivity index (χ0) is 18.7. The monoisotopic (exact) mass is 469 g/mol. The van der Waals surface area contributed by atoms with Crippen LogP contribution >= 0.6 is 27.5 Å². The summed E-state index contributed by atoms with van der Waals surface area (Å²) >= 11 is 9.46. The predicted octanol–water partition coefficient (Wildman–Crippen LogP) is -0.253. The van der Waals surface area contributed by atoms with Gasteiger partial charge in [0, 0.05) is 9.50 Å². The maximum Gasteiger partial charge on any atom is 0.353 e. The van der Waals surface area contributed by atoms with Crippen molar-refractivity contribution in [3.05, 3.63) is 74.9 Å². The summed E-state index contributed by atoms with van der Waals surface area (Å²) < 4.78 is 5.93. The Hall–Kier alpha value is -2.02. The molecule has 0 amide bonds. The molecule has 1 atom stereocenters. The number of guanidine groups is 1. The highest BCUT2D eigenvalue weighted by atomic mass is 79.9. The minimum Gasteiger partial charge on any atom is -1.00 e. The predicted molar refractivity (Wildman–Crippen MR) is 106 cm³/mol. The number of hydrogen-bond donors (Lipinski definition) is 3. The molecule has 0 fully saturated rings. The summed E-state index contributed by atoms with van der Waals surface area (Å²) in [5.41, 5.74) is 3.05. The summed E-state index contributed by atoms with van der Waals surface area (Å²) in [6.07, 6.45) is 0. The van der Waals surface area contributed by atoms with E-state index >= 15 is 0 Å². The number of rotatable bonds is 3. The number of hydrogen-bond acceptors (Lipinski definition) is 4. The molecule has 2 aromatic rings. The quantitative estimate of drug-likeness (QED) is 0.541. The largest absolute Gasteiger partial charge is 1.00 e. The first kappa shape index (κ1) is 21.3. The minimum atomic E-state index is -0.385. The normalized spacial score (nSPS) is 16.0. The van der Waals surface area contributed by atoms with E-state index in [0.717, 1.165) is 15.7 Å². The van der Waals surface area contributed by atoms with Gasteiger partial charge in [-0.1, -0.05) is 45.7 Å². The van der Waals surface area contributed by atoms with Crippen molar-refractivity contribution in [2.24, 2.45) is 0 Å². The molecular weight excluding hydrogens is 453 g/mol. The van der Waals surface area contributed by atoms with E-state index in [9.17, 15) is 4.79 Å². The van der Waals surface area contributed by atoms with Gasteiger partial charge in [-0.15, -0.1) is 0 Å². The van der Waals surface area contributed by atoms with Crippen LogP contribution in [0.5, 0.6) is 0 Å². The zero-order valence-corrected chi connectivity index (χ0v) is 17.7. The topological polar surface area (TPSA) is 64.3 Å². The molecule has 2 aromatic carbocycles. The third-order valence-corrected chi connectivity index (χ3v) is 4.74. The van der Waals surface area contributed by atoms with E-state index in [1.807, 2.05) is 43.3 Å². The number of ether oxygens (including phenoxy) is 1. The van der Waals surface area contributed by atoms with E-state index in [2.05, 4.69) is 31.6 Å². The lowest BCUT2D eigenvalue weighted by atomic mass is 9.96. The molecule has 1 aliphatic heterocycles. The molecule has 0 radical (unpaired) electrons. The zero-order valence-electron chi connectivity index (χ0n) is 14.6. The van der Waals surface area contributed by atoms with Crippen LogP contribution in [0.3, 0.4) is 0 Å². The first-order chi connectivity index (χ1) is 12.5. The Labute approximate surface area is 177 Å². The summed E-state index contributed by atoms with van der Waals surface area (Å²) in [4.78, 5) is 15.6. The number of methoxy groups -OCH3 is 1. The second kappa shape index (κ2) is 9.26. The molecule has 0 saturated heterocycles. The fraction of sp³-hybridized carbons (Fsp3) is 0.158. The molecule has 27 heavy (non-hydrogen) atoms. The number of nitrogens with one attached hydrogen (secondary N) is 3. The molecule has 8 heteroatoms. The van der Waals surface area contributed by atoms with Gasteiger partial charge in [0.1, 0.15) is 17.3 Å². The number of benzene rings is 2. The number of allylic oxidation sites excluding steroid dienone is 1. The van der Waals surface area contributed by atoms with Crippen molar-refractivity contribution in [3.63, 3.8) is 0 Å². The number of carbonyl (C=O) groups excluding carboxylic acids is 1. The summed E-state index contributed by atoms with van der Waals surface area (Å²) in [6.45, 7) is 1.85. The lowest BCUT2D eigenvalue weighted by Crippen LogP contribution is -3.00. The Morgan fingerprint density at radius 2 is 1.96 bits per heavy atom. The molecule has 1 aliphatic rings. The molecule has 3 rings (SSSR count). The van der Waals surface area contributed by atoms with Gasteiger partial charge in [-0.2, -0.15) is 0 Å². The highest BCUT2D eigenvalue weighted by Gasteiger charge is 2.33. The van der Waals surface area contributed by atoms with Crippen molar-refractivity contribution in [3.8, 4) is 0 Å². The highest BCUT2D eigenvalue weighted by molar-refractivity contribution is 9.10. The van der Waals surface area contributed by atoms with Crippen LogP contribution in [0.4, 0.5) is 5.69 Å². The van der Waals surface area contributed by atoms with Crippen LogP contribution in [-0.4, -0.2) is 19.0 Å². The Morgan fingerprint density at radius 3 is 2.59 bits per heavy atom. The maximum absolute atomic E-state index is 12.3. The molecule has 0 aliphatic carbocycles. The summed E-state index contributed by atoms with van der Waals surface area (Å²) in [5, 5.41) is 7.12. The summed E-state index contributed by atoms with van der Waals surface area (Å²) in [6, 6.07) is 14.8. The molecule has 142 valence electrons. The van der Waals surface area contributed by atoms with Gasteiger partial charge in [-0.25, -0.2) is 15.4 Å². The van der Waals surface area contributed by atoms with E-state index in [-0.39, 0.29) is 24.4 Å². The lowest BCUT2D eigenvalue weighted by molar-refractivity contribution is -0.502. The number of halogens is 3. The van der Waals surface area contributed by atoms with E-state index < -0.39 is 0 Å². The van der Waals surface area contributed by atoms with Crippen molar-refractivity contribution in [1.29, 1.82) is 0 Å². The fourth-order valence-electron chi connectivity index (χ4n) is 2.79. The van der Waals surface area contributed by atoms with E-state index in [1.165, 1.54) is 7.11 Å². The van der Waals surface area contributed by atoms with Crippen molar-refractivity contribution in [1.82, 2.24) is 5.32 Å². The van der Waals surface area contributed by atoms with Crippen molar-refractivity contribution >= 4 is 45.1 Å². The van der Waals surface area contributed by atoms with Crippen LogP contribution in [0.15, 0.2) is 64.3 Å². The number of esters is 1. The van der Waals surface area contributed by atoms with E-state index in [4.69, 9.17) is 16.3 Å². The number of anilines is 1. The van der Waals surface area contributed by atoms with Gasteiger partial charge in [0.05, 0.1) is 12.8 Å². The van der Waals surface area contributed by atoms with Crippen molar-refractivity contribution in [2.75, 3.05) is 12.4 Å². The highest BCUT2D eigenvalue weighted by Crippen LogP contribution is 2.24. The molecule has 0 saturated carbocycles. The van der Waals surface area contributed by atoms with Crippen LogP contribution in [0.25, 0.3) is 0 Å². The second-order valence-corrected chi connectivity index (χ2v) is 7.15. The van der Waals surface area contributed by atoms with Gasteiger partial charge in [-0.3, -0.25) is 4.99 Å². The average Bonchev–Trinajstić information content (AvgIpc) is 2.61. The Kier molecular flexibility index (Phi) is 7.30. The van der Waals surface area contributed by atoms with Crippen LogP contribution in [0.2, 0.25) is 5.02 Å². The SMILES string of the molecule is COC(=O)C1=C(C)NC(Nc2cccc(Br)c2)=[NH+]C1c1ccc(Cl)cc1.[Cl-]. The van der Waals surface area contributed by atoms with Gasteiger partial charge >= 0.3 is 11.9 Å². The summed E-state index contributed by atoms with van der Waals surface area (Å²) in [7, 11) is 1.38. The van der Waals surface area contributed by atoms with Crippen LogP contribution in [0.1, 0.15) is 18.5 Å². The van der Waals surface area contributed by atoms with E-state index in [1.54, 1.807) is 12.1 Å². The smallest absolute Gasteiger partial charge is 0.353 e. The van der Waals surface area contributed by atoms with Crippen LogP contribution < -0.4 is 28.0 Å². The molecule has 0 spiro atoms. The lowest BCUT2D eigenvalue weighted by Gasteiger charge is -2.22. The van der Waals surface area contributed by atoms with E-state index in [0.29, 0.717) is 22.3 Å². The van der Waals surface area contributed by atoms with Crippen LogP contribution in [-0.2, 0) is 9.53 Å². The second-order valence-electron chi connectivity index (χ2n) is 5.79. The van der Waals surface area contributed by atoms with Gasteiger partial charge in [0.15, 0.2) is 0 Å². The van der Waals surface area contributed by atoms with Gasteiger partial charge in [-0.05, 0) is 42.8 Å². The van der Waals surface area contributed by atoms with Crippen molar-refractivity contribution in [2.45, 2.75) is 13.0 Å². The molecule has 0 aromatic heterocycles. The maximum atomic E-state index is 12.3. The molecule has 3 N–H and O–H groups in total. The van der Waals surface area contributed by atoms with Crippen LogP contribution in [0, 0.1) is 0 Å². The molecule has 5 nitrogen and oxygen atoms in total. The average molecular weight is 471 g/mol. The molecule has 1 heterocycles. The summed E-state index contributed by atoms with van der Waals surface area (Å²) in [5.74, 6) is 0.289. The Balaban J connectivity index is 0.00000261. The fourth-order valence-corrected chi connectivity index (χ4v) is 3.31. The van der Waals surface area contributed by atoms with Gasteiger partial charge < -0.3 is 17.1 Å². The molecule has 0 bridgehead atoms. The first-order valence-corrected chi connectivity index (χ1v) is 9.12. The third kappa shape index (κ3) is 5.03.